The van der Waals surface area contributed by atoms with Crippen LogP contribution in [0.15, 0.2) is 18.2 Å². The first kappa shape index (κ1) is 17.8. The average Bonchev–Trinajstić information content (AvgIpc) is 2.40. The predicted octanol–water partition coefficient (Wildman–Crippen LogP) is 4.63. The first-order valence-corrected chi connectivity index (χ1v) is 7.38. The fourth-order valence-electron chi connectivity index (χ4n) is 1.98. The number of hydrogen-bond acceptors (Lipinski definition) is 2. The average molecular weight is 303 g/mol. The van der Waals surface area contributed by atoms with Crippen LogP contribution in [0.3, 0.4) is 0 Å². The zero-order chi connectivity index (χ0) is 15.9. The molecule has 0 spiro atoms. The van der Waals surface area contributed by atoms with Gasteiger partial charge in [0.25, 0.3) is 0 Å². The first-order valence-electron chi connectivity index (χ1n) is 7.38. The van der Waals surface area contributed by atoms with Crippen LogP contribution in [0.4, 0.5) is 13.2 Å². The van der Waals surface area contributed by atoms with E-state index in [9.17, 15) is 13.2 Å². The molecule has 2 nitrogen and oxygen atoms in total. The quantitative estimate of drug-likeness (QED) is 0.707. The summed E-state index contributed by atoms with van der Waals surface area (Å²) in [5, 5.41) is 3.02. The molecule has 0 aliphatic heterocycles. The maximum absolute atomic E-state index is 13.1. The van der Waals surface area contributed by atoms with Crippen molar-refractivity contribution >= 4 is 0 Å². The Bertz CT molecular complexity index is 430. The number of hydrogen-bond donors (Lipinski definition) is 1. The van der Waals surface area contributed by atoms with Crippen molar-refractivity contribution in [3.05, 3.63) is 29.3 Å². The summed E-state index contributed by atoms with van der Waals surface area (Å²) >= 11 is 0. The minimum absolute atomic E-state index is 0.0773. The topological polar surface area (TPSA) is 21.3 Å². The van der Waals surface area contributed by atoms with Crippen molar-refractivity contribution < 1.29 is 17.9 Å². The molecule has 0 bridgehead atoms. The van der Waals surface area contributed by atoms with E-state index >= 15 is 0 Å². The van der Waals surface area contributed by atoms with Crippen molar-refractivity contribution in [2.75, 3.05) is 13.2 Å². The van der Waals surface area contributed by atoms with E-state index in [2.05, 4.69) is 19.2 Å². The molecule has 1 rings (SSSR count). The predicted molar refractivity (Wildman–Crippen MR) is 78.4 cm³/mol. The highest BCUT2D eigenvalue weighted by atomic mass is 19.4. The molecule has 120 valence electrons. The van der Waals surface area contributed by atoms with Crippen LogP contribution in [-0.2, 0) is 12.7 Å². The number of benzene rings is 1. The number of alkyl halides is 3. The molecule has 0 amide bonds. The highest BCUT2D eigenvalue weighted by Gasteiger charge is 2.34. The molecule has 0 saturated heterocycles. The molecular weight excluding hydrogens is 279 g/mol. The smallest absolute Gasteiger partial charge is 0.419 e. The summed E-state index contributed by atoms with van der Waals surface area (Å²) in [6.07, 6.45) is -2.69. The van der Waals surface area contributed by atoms with Crippen molar-refractivity contribution in [1.82, 2.24) is 5.32 Å². The molecule has 0 saturated carbocycles. The van der Waals surface area contributed by atoms with E-state index in [0.717, 1.165) is 19.4 Å². The Kier molecular flexibility index (Phi) is 7.02. The van der Waals surface area contributed by atoms with Gasteiger partial charge in [0.1, 0.15) is 5.75 Å². The van der Waals surface area contributed by atoms with Gasteiger partial charge in [-0.25, -0.2) is 0 Å². The standard InChI is InChI=1S/C16H24F3NO/c1-4-20-11-13-7-8-15(14(10-13)16(17,18)19)21-9-5-6-12(2)3/h7-8,10,12,20H,4-6,9,11H2,1-3H3. The van der Waals surface area contributed by atoms with E-state index in [1.807, 2.05) is 6.92 Å². The minimum atomic E-state index is -4.39. The van der Waals surface area contributed by atoms with Gasteiger partial charge in [-0.05, 0) is 43.0 Å². The van der Waals surface area contributed by atoms with E-state index in [4.69, 9.17) is 4.74 Å². The molecule has 0 fully saturated rings. The lowest BCUT2D eigenvalue weighted by molar-refractivity contribution is -0.139. The van der Waals surface area contributed by atoms with Gasteiger partial charge in [0.05, 0.1) is 12.2 Å². The third-order valence-electron chi connectivity index (χ3n) is 3.11. The Balaban J connectivity index is 2.77. The lowest BCUT2D eigenvalue weighted by Gasteiger charge is -2.16. The summed E-state index contributed by atoms with van der Waals surface area (Å²) in [4.78, 5) is 0. The second-order valence-corrected chi connectivity index (χ2v) is 5.49. The highest BCUT2D eigenvalue weighted by molar-refractivity contribution is 5.39. The fourth-order valence-corrected chi connectivity index (χ4v) is 1.98. The Morgan fingerprint density at radius 2 is 1.95 bits per heavy atom. The van der Waals surface area contributed by atoms with E-state index in [0.29, 0.717) is 24.6 Å². The number of halogens is 3. The van der Waals surface area contributed by atoms with Gasteiger partial charge in [-0.1, -0.05) is 26.8 Å². The van der Waals surface area contributed by atoms with Gasteiger partial charge in [-0.3, -0.25) is 0 Å². The van der Waals surface area contributed by atoms with Crippen LogP contribution in [0.2, 0.25) is 0 Å². The van der Waals surface area contributed by atoms with Gasteiger partial charge >= 0.3 is 6.18 Å². The molecule has 21 heavy (non-hydrogen) atoms. The summed E-state index contributed by atoms with van der Waals surface area (Å²) in [6, 6.07) is 4.26. The van der Waals surface area contributed by atoms with Crippen molar-refractivity contribution in [2.45, 2.75) is 46.3 Å². The second-order valence-electron chi connectivity index (χ2n) is 5.49. The molecule has 0 heterocycles. The summed E-state index contributed by atoms with van der Waals surface area (Å²) in [5.41, 5.74) is -0.0823. The zero-order valence-corrected chi connectivity index (χ0v) is 12.9. The summed E-state index contributed by atoms with van der Waals surface area (Å²) in [6.45, 7) is 7.53. The van der Waals surface area contributed by atoms with Gasteiger partial charge in [0.2, 0.25) is 0 Å². The van der Waals surface area contributed by atoms with Gasteiger partial charge in [-0.15, -0.1) is 0 Å². The second kappa shape index (κ2) is 8.27. The fraction of sp³-hybridized carbons (Fsp3) is 0.625. The van der Waals surface area contributed by atoms with Crippen molar-refractivity contribution in [3.63, 3.8) is 0 Å². The van der Waals surface area contributed by atoms with Crippen LogP contribution in [0.25, 0.3) is 0 Å². The molecule has 0 aliphatic carbocycles. The summed E-state index contributed by atoms with van der Waals surface area (Å²) in [5.74, 6) is 0.449. The van der Waals surface area contributed by atoms with E-state index in [-0.39, 0.29) is 5.75 Å². The largest absolute Gasteiger partial charge is 0.493 e. The third-order valence-corrected chi connectivity index (χ3v) is 3.11. The number of ether oxygens (including phenoxy) is 1. The van der Waals surface area contributed by atoms with Crippen LogP contribution in [0.1, 0.15) is 44.7 Å². The van der Waals surface area contributed by atoms with Gasteiger partial charge in [-0.2, -0.15) is 13.2 Å². The lowest BCUT2D eigenvalue weighted by atomic mass is 10.1. The monoisotopic (exact) mass is 303 g/mol. The SMILES string of the molecule is CCNCc1ccc(OCCCC(C)C)c(C(F)(F)F)c1. The van der Waals surface area contributed by atoms with E-state index < -0.39 is 11.7 Å². The van der Waals surface area contributed by atoms with Crippen LogP contribution >= 0.6 is 0 Å². The van der Waals surface area contributed by atoms with E-state index in [1.54, 1.807) is 6.07 Å². The Hall–Kier alpha value is -1.23. The van der Waals surface area contributed by atoms with Crippen LogP contribution in [-0.4, -0.2) is 13.2 Å². The Morgan fingerprint density at radius 1 is 1.24 bits per heavy atom. The third kappa shape index (κ3) is 6.38. The zero-order valence-electron chi connectivity index (χ0n) is 12.9. The normalized spacial score (nSPS) is 12.0. The summed E-state index contributed by atoms with van der Waals surface area (Å²) in [7, 11) is 0. The molecule has 0 aliphatic rings. The molecule has 0 radical (unpaired) electrons. The molecule has 5 heteroatoms. The first-order chi connectivity index (χ1) is 9.84. The maximum Gasteiger partial charge on any atom is 0.419 e. The molecular formula is C16H24F3NO. The van der Waals surface area contributed by atoms with Crippen molar-refractivity contribution in [2.24, 2.45) is 5.92 Å². The van der Waals surface area contributed by atoms with Crippen molar-refractivity contribution in [3.8, 4) is 5.75 Å². The molecule has 0 unspecified atom stereocenters. The van der Waals surface area contributed by atoms with E-state index in [1.165, 1.54) is 12.1 Å². The molecule has 1 aromatic rings. The van der Waals surface area contributed by atoms with Crippen LogP contribution in [0.5, 0.6) is 5.75 Å². The van der Waals surface area contributed by atoms with Crippen LogP contribution in [0, 0.1) is 5.92 Å². The molecule has 1 N–H and O–H groups in total. The van der Waals surface area contributed by atoms with Gasteiger partial charge in [0.15, 0.2) is 0 Å². The van der Waals surface area contributed by atoms with Gasteiger partial charge < -0.3 is 10.1 Å². The Labute approximate surface area is 124 Å². The number of rotatable bonds is 8. The maximum atomic E-state index is 13.1. The van der Waals surface area contributed by atoms with Gasteiger partial charge in [0, 0.05) is 6.54 Å². The van der Waals surface area contributed by atoms with Crippen LogP contribution < -0.4 is 10.1 Å². The summed E-state index contributed by atoms with van der Waals surface area (Å²) < 4.78 is 44.6. The molecule has 0 atom stereocenters. The highest BCUT2D eigenvalue weighted by Crippen LogP contribution is 2.37. The molecule has 0 aromatic heterocycles. The number of nitrogens with one attached hydrogen (secondary N) is 1. The Morgan fingerprint density at radius 3 is 2.52 bits per heavy atom. The molecule has 1 aromatic carbocycles. The lowest BCUT2D eigenvalue weighted by Crippen LogP contribution is -2.14. The minimum Gasteiger partial charge on any atom is -0.493 e. The van der Waals surface area contributed by atoms with Crippen molar-refractivity contribution in [1.29, 1.82) is 0 Å².